The standard InChI is InChI=1S/C12H17NO6S/c1-2-20(17,18)7-3-6-19-12-5-4-11(13(15)16)8-10(12)9-14/h4-5,8,14H,2-3,6-7,9H2,1H3. The molecule has 112 valence electrons. The van der Waals surface area contributed by atoms with Gasteiger partial charge in [-0.15, -0.1) is 0 Å². The first-order valence-corrected chi connectivity index (χ1v) is 7.93. The molecule has 0 aliphatic rings. The van der Waals surface area contributed by atoms with E-state index in [4.69, 9.17) is 9.84 Å². The van der Waals surface area contributed by atoms with Gasteiger partial charge >= 0.3 is 0 Å². The van der Waals surface area contributed by atoms with Crippen LogP contribution in [0.4, 0.5) is 5.69 Å². The zero-order valence-corrected chi connectivity index (χ0v) is 11.9. The van der Waals surface area contributed by atoms with E-state index in [1.54, 1.807) is 6.92 Å². The van der Waals surface area contributed by atoms with E-state index < -0.39 is 14.8 Å². The predicted molar refractivity (Wildman–Crippen MR) is 73.5 cm³/mol. The molecule has 0 aromatic heterocycles. The quantitative estimate of drug-likeness (QED) is 0.440. The Morgan fingerprint density at radius 3 is 2.65 bits per heavy atom. The fourth-order valence-corrected chi connectivity index (χ4v) is 2.40. The van der Waals surface area contributed by atoms with Crippen LogP contribution in [0.3, 0.4) is 0 Å². The lowest BCUT2D eigenvalue weighted by molar-refractivity contribution is -0.385. The van der Waals surface area contributed by atoms with E-state index in [0.717, 1.165) is 0 Å². The number of non-ortho nitro benzene ring substituents is 1. The molecule has 20 heavy (non-hydrogen) atoms. The van der Waals surface area contributed by atoms with Gasteiger partial charge in [0.05, 0.1) is 23.9 Å². The molecule has 8 heteroatoms. The van der Waals surface area contributed by atoms with Gasteiger partial charge in [-0.05, 0) is 12.5 Å². The maximum Gasteiger partial charge on any atom is 0.270 e. The molecular formula is C12H17NO6S. The van der Waals surface area contributed by atoms with Crippen LogP contribution in [-0.4, -0.2) is 36.6 Å². The highest BCUT2D eigenvalue weighted by Gasteiger charge is 2.12. The van der Waals surface area contributed by atoms with Crippen molar-refractivity contribution in [3.63, 3.8) is 0 Å². The van der Waals surface area contributed by atoms with Gasteiger partial charge in [0.2, 0.25) is 0 Å². The smallest absolute Gasteiger partial charge is 0.270 e. The minimum absolute atomic E-state index is 0.0327. The molecule has 1 rings (SSSR count). The topological polar surface area (TPSA) is 107 Å². The van der Waals surface area contributed by atoms with E-state index in [1.165, 1.54) is 18.2 Å². The number of hydrogen-bond acceptors (Lipinski definition) is 6. The summed E-state index contributed by atoms with van der Waals surface area (Å²) in [6.45, 7) is 1.37. The van der Waals surface area contributed by atoms with Crippen LogP contribution in [-0.2, 0) is 16.4 Å². The molecule has 0 bridgehead atoms. The first-order valence-electron chi connectivity index (χ1n) is 6.11. The molecule has 0 amide bonds. The van der Waals surface area contributed by atoms with E-state index in [0.29, 0.717) is 17.7 Å². The van der Waals surface area contributed by atoms with Gasteiger partial charge in [-0.2, -0.15) is 0 Å². The van der Waals surface area contributed by atoms with Crippen molar-refractivity contribution in [2.75, 3.05) is 18.1 Å². The van der Waals surface area contributed by atoms with Crippen molar-refractivity contribution >= 4 is 15.5 Å². The number of benzene rings is 1. The fourth-order valence-electron chi connectivity index (χ4n) is 1.55. The van der Waals surface area contributed by atoms with E-state index in [1.807, 2.05) is 0 Å². The number of aliphatic hydroxyl groups excluding tert-OH is 1. The zero-order chi connectivity index (χ0) is 15.2. The highest BCUT2D eigenvalue weighted by molar-refractivity contribution is 7.91. The SMILES string of the molecule is CCS(=O)(=O)CCCOc1ccc([N+](=O)[O-])cc1CO. The third-order valence-electron chi connectivity index (χ3n) is 2.72. The van der Waals surface area contributed by atoms with Crippen LogP contribution in [0.15, 0.2) is 18.2 Å². The van der Waals surface area contributed by atoms with Crippen LogP contribution in [0.25, 0.3) is 0 Å². The lowest BCUT2D eigenvalue weighted by Crippen LogP contribution is -2.12. The maximum absolute atomic E-state index is 11.3. The van der Waals surface area contributed by atoms with E-state index in [-0.39, 0.29) is 30.4 Å². The van der Waals surface area contributed by atoms with Crippen molar-refractivity contribution in [1.82, 2.24) is 0 Å². The first-order chi connectivity index (χ1) is 9.39. The van der Waals surface area contributed by atoms with Gasteiger partial charge in [0.15, 0.2) is 0 Å². The summed E-state index contributed by atoms with van der Waals surface area (Å²) in [5, 5.41) is 19.8. The lowest BCUT2D eigenvalue weighted by atomic mass is 10.2. The third-order valence-corrected chi connectivity index (χ3v) is 4.51. The van der Waals surface area contributed by atoms with Gasteiger partial charge in [0, 0.05) is 23.4 Å². The average molecular weight is 303 g/mol. The molecule has 0 aliphatic carbocycles. The van der Waals surface area contributed by atoms with Crippen LogP contribution < -0.4 is 4.74 Å². The Balaban J connectivity index is 2.62. The van der Waals surface area contributed by atoms with Crippen molar-refractivity contribution < 1.29 is 23.2 Å². The van der Waals surface area contributed by atoms with Crippen LogP contribution in [0.2, 0.25) is 0 Å². The largest absolute Gasteiger partial charge is 0.493 e. The van der Waals surface area contributed by atoms with E-state index >= 15 is 0 Å². The zero-order valence-electron chi connectivity index (χ0n) is 11.1. The molecule has 0 atom stereocenters. The van der Waals surface area contributed by atoms with Gasteiger partial charge in [-0.25, -0.2) is 8.42 Å². The minimum atomic E-state index is -3.03. The van der Waals surface area contributed by atoms with Crippen molar-refractivity contribution in [3.8, 4) is 5.75 Å². The van der Waals surface area contributed by atoms with Crippen molar-refractivity contribution in [2.45, 2.75) is 20.0 Å². The lowest BCUT2D eigenvalue weighted by Gasteiger charge is -2.09. The van der Waals surface area contributed by atoms with Gasteiger partial charge in [0.1, 0.15) is 15.6 Å². The minimum Gasteiger partial charge on any atom is -0.493 e. The molecule has 0 aliphatic heterocycles. The summed E-state index contributed by atoms with van der Waals surface area (Å²) in [6, 6.07) is 3.91. The second kappa shape index (κ2) is 7.20. The summed E-state index contributed by atoms with van der Waals surface area (Å²) >= 11 is 0. The molecule has 0 fully saturated rings. The Labute approximate surface area is 117 Å². The molecule has 1 N–H and O–H groups in total. The van der Waals surface area contributed by atoms with Crippen LogP contribution in [0, 0.1) is 10.1 Å². The molecular weight excluding hydrogens is 286 g/mol. The Morgan fingerprint density at radius 2 is 2.10 bits per heavy atom. The van der Waals surface area contributed by atoms with Crippen molar-refractivity contribution in [3.05, 3.63) is 33.9 Å². The molecule has 1 aromatic rings. The van der Waals surface area contributed by atoms with Crippen LogP contribution in [0.1, 0.15) is 18.9 Å². The highest BCUT2D eigenvalue weighted by Crippen LogP contribution is 2.24. The van der Waals surface area contributed by atoms with Gasteiger partial charge in [-0.3, -0.25) is 10.1 Å². The summed E-state index contributed by atoms with van der Waals surface area (Å²) in [5.74, 6) is 0.448. The molecule has 0 spiro atoms. The summed E-state index contributed by atoms with van der Waals surface area (Å²) < 4.78 is 27.9. The Kier molecular flexibility index (Phi) is 5.90. The number of nitro benzene ring substituents is 1. The van der Waals surface area contributed by atoms with Gasteiger partial charge in [0.25, 0.3) is 5.69 Å². The molecule has 0 radical (unpaired) electrons. The van der Waals surface area contributed by atoms with E-state index in [9.17, 15) is 18.5 Å². The molecule has 0 heterocycles. The molecule has 7 nitrogen and oxygen atoms in total. The van der Waals surface area contributed by atoms with Crippen LogP contribution in [0.5, 0.6) is 5.75 Å². The Hall–Kier alpha value is -1.67. The number of nitro groups is 1. The van der Waals surface area contributed by atoms with Crippen LogP contribution >= 0.6 is 0 Å². The number of rotatable bonds is 8. The molecule has 0 saturated heterocycles. The number of ether oxygens (including phenoxy) is 1. The summed E-state index contributed by atoms with van der Waals surface area (Å²) in [5.41, 5.74) is 0.174. The number of nitrogens with zero attached hydrogens (tertiary/aromatic N) is 1. The first kappa shape index (κ1) is 16.4. The van der Waals surface area contributed by atoms with Gasteiger partial charge in [-0.1, -0.05) is 6.92 Å². The van der Waals surface area contributed by atoms with E-state index in [2.05, 4.69) is 0 Å². The summed E-state index contributed by atoms with van der Waals surface area (Å²) in [6.07, 6.45) is 0.331. The third kappa shape index (κ3) is 4.78. The highest BCUT2D eigenvalue weighted by atomic mass is 32.2. The number of hydrogen-bond donors (Lipinski definition) is 1. The average Bonchev–Trinajstić information content (AvgIpc) is 2.43. The molecule has 0 unspecified atom stereocenters. The fraction of sp³-hybridized carbons (Fsp3) is 0.500. The Morgan fingerprint density at radius 1 is 1.40 bits per heavy atom. The van der Waals surface area contributed by atoms with Gasteiger partial charge < -0.3 is 9.84 Å². The van der Waals surface area contributed by atoms with Crippen molar-refractivity contribution in [1.29, 1.82) is 0 Å². The summed E-state index contributed by atoms with van der Waals surface area (Å²) in [4.78, 5) is 10.0. The second-order valence-electron chi connectivity index (χ2n) is 4.15. The normalized spacial score (nSPS) is 11.3. The maximum atomic E-state index is 11.3. The molecule has 1 aromatic carbocycles. The number of aliphatic hydroxyl groups is 1. The Bertz CT molecular complexity index is 569. The monoisotopic (exact) mass is 303 g/mol. The molecule has 0 saturated carbocycles. The van der Waals surface area contributed by atoms with Crippen molar-refractivity contribution in [2.24, 2.45) is 0 Å². The number of sulfone groups is 1. The predicted octanol–water partition coefficient (Wildman–Crippen LogP) is 1.29. The summed E-state index contributed by atoms with van der Waals surface area (Å²) in [7, 11) is -3.03. The second-order valence-corrected chi connectivity index (χ2v) is 6.62.